The van der Waals surface area contributed by atoms with Crippen molar-refractivity contribution < 1.29 is 14.3 Å². The Kier molecular flexibility index (Phi) is 1.75. The third-order valence-corrected chi connectivity index (χ3v) is 2.23. The van der Waals surface area contributed by atoms with Crippen LogP contribution in [0.3, 0.4) is 0 Å². The van der Waals surface area contributed by atoms with Gasteiger partial charge in [0.25, 0.3) is 5.91 Å². The number of benzene rings is 1. The second-order valence-electron chi connectivity index (χ2n) is 2.71. The Labute approximate surface area is 78.1 Å². The van der Waals surface area contributed by atoms with Crippen LogP contribution < -0.4 is 5.32 Å². The molecular weight excluding hydrogens is 197 g/mol. The van der Waals surface area contributed by atoms with Crippen molar-refractivity contribution in [2.24, 2.45) is 0 Å². The number of anilines is 1. The first-order valence-corrected chi connectivity index (χ1v) is 3.96. The largest absolute Gasteiger partial charge is 0.378 e. The Hall–Kier alpha value is -1.13. The summed E-state index contributed by atoms with van der Waals surface area (Å²) in [5.74, 6) is -1.28. The summed E-state index contributed by atoms with van der Waals surface area (Å²) in [6, 6.07) is 2.44. The van der Waals surface area contributed by atoms with Crippen LogP contribution in [0.2, 0.25) is 5.02 Å². The molecule has 2 N–H and O–H groups in total. The van der Waals surface area contributed by atoms with Gasteiger partial charge in [-0.2, -0.15) is 0 Å². The Morgan fingerprint density at radius 2 is 2.23 bits per heavy atom. The van der Waals surface area contributed by atoms with Crippen LogP contribution >= 0.6 is 11.6 Å². The van der Waals surface area contributed by atoms with Gasteiger partial charge in [0.1, 0.15) is 5.82 Å². The van der Waals surface area contributed by atoms with E-state index in [0.717, 1.165) is 6.07 Å². The van der Waals surface area contributed by atoms with Crippen LogP contribution in [0.4, 0.5) is 10.1 Å². The molecule has 1 amide bonds. The van der Waals surface area contributed by atoms with Gasteiger partial charge < -0.3 is 10.4 Å². The number of amides is 1. The third kappa shape index (κ3) is 1.10. The van der Waals surface area contributed by atoms with Crippen LogP contribution in [0.25, 0.3) is 0 Å². The van der Waals surface area contributed by atoms with E-state index >= 15 is 0 Å². The first kappa shape index (κ1) is 8.47. The molecule has 1 aromatic rings. The number of hydrogen-bond donors (Lipinski definition) is 2. The fourth-order valence-electron chi connectivity index (χ4n) is 1.28. The van der Waals surface area contributed by atoms with E-state index in [0.29, 0.717) is 0 Å². The summed E-state index contributed by atoms with van der Waals surface area (Å²) in [5.41, 5.74) is 0.0941. The molecule has 1 aliphatic heterocycles. The van der Waals surface area contributed by atoms with Crippen LogP contribution in [-0.4, -0.2) is 11.0 Å². The molecule has 13 heavy (non-hydrogen) atoms. The molecule has 0 aromatic heterocycles. The van der Waals surface area contributed by atoms with E-state index in [9.17, 15) is 14.3 Å². The Morgan fingerprint density at radius 3 is 2.85 bits per heavy atom. The van der Waals surface area contributed by atoms with Gasteiger partial charge in [-0.3, -0.25) is 4.79 Å². The molecule has 0 saturated heterocycles. The van der Waals surface area contributed by atoms with E-state index < -0.39 is 17.8 Å². The topological polar surface area (TPSA) is 49.3 Å². The zero-order valence-electron chi connectivity index (χ0n) is 6.34. The maximum absolute atomic E-state index is 13.1. The number of aliphatic hydroxyl groups is 1. The highest BCUT2D eigenvalue weighted by Gasteiger charge is 2.33. The molecule has 1 heterocycles. The molecule has 3 nitrogen and oxygen atoms in total. The number of carbonyl (C=O) groups is 1. The van der Waals surface area contributed by atoms with Crippen LogP contribution in [0, 0.1) is 5.82 Å². The van der Waals surface area contributed by atoms with Gasteiger partial charge in [-0.1, -0.05) is 11.6 Å². The standard InChI is InChI=1S/C8H5ClFNO2/c9-3-1-2-4(10)5-6(3)11-8(13)7(5)12/h1-2,7,12H,(H,11,13). The first-order valence-electron chi connectivity index (χ1n) is 3.58. The van der Waals surface area contributed by atoms with Gasteiger partial charge in [0, 0.05) is 0 Å². The summed E-state index contributed by atoms with van der Waals surface area (Å²) in [7, 11) is 0. The summed E-state index contributed by atoms with van der Waals surface area (Å²) in [6.45, 7) is 0. The summed E-state index contributed by atoms with van der Waals surface area (Å²) >= 11 is 5.68. The lowest BCUT2D eigenvalue weighted by atomic mass is 10.1. The highest BCUT2D eigenvalue weighted by Crippen LogP contribution is 2.37. The van der Waals surface area contributed by atoms with Gasteiger partial charge in [-0.15, -0.1) is 0 Å². The fourth-order valence-corrected chi connectivity index (χ4v) is 1.50. The molecular formula is C8H5ClFNO2. The van der Waals surface area contributed by atoms with Crippen molar-refractivity contribution in [3.8, 4) is 0 Å². The van der Waals surface area contributed by atoms with Crippen molar-refractivity contribution in [1.29, 1.82) is 0 Å². The van der Waals surface area contributed by atoms with Crippen molar-refractivity contribution in [2.45, 2.75) is 6.10 Å². The Bertz CT molecular complexity index is 394. The number of nitrogens with one attached hydrogen (secondary N) is 1. The molecule has 2 rings (SSSR count). The van der Waals surface area contributed by atoms with Crippen molar-refractivity contribution in [3.63, 3.8) is 0 Å². The molecule has 0 fully saturated rings. The molecule has 0 spiro atoms. The van der Waals surface area contributed by atoms with E-state index in [1.54, 1.807) is 0 Å². The van der Waals surface area contributed by atoms with Gasteiger partial charge in [0.05, 0.1) is 16.3 Å². The van der Waals surface area contributed by atoms with Gasteiger partial charge in [-0.25, -0.2) is 4.39 Å². The normalized spacial score (nSPS) is 19.9. The van der Waals surface area contributed by atoms with Gasteiger partial charge in [0.15, 0.2) is 6.10 Å². The minimum Gasteiger partial charge on any atom is -0.378 e. The average Bonchev–Trinajstić information content (AvgIpc) is 2.38. The van der Waals surface area contributed by atoms with E-state index in [1.165, 1.54) is 6.07 Å². The van der Waals surface area contributed by atoms with Crippen LogP contribution in [0.1, 0.15) is 11.7 Å². The van der Waals surface area contributed by atoms with Crippen molar-refractivity contribution in [3.05, 3.63) is 28.5 Å². The lowest BCUT2D eigenvalue weighted by Crippen LogP contribution is -2.11. The second kappa shape index (κ2) is 2.68. The summed E-state index contributed by atoms with van der Waals surface area (Å²) in [4.78, 5) is 10.9. The molecule has 1 aromatic carbocycles. The predicted molar refractivity (Wildman–Crippen MR) is 45.0 cm³/mol. The zero-order chi connectivity index (χ0) is 9.59. The number of halogens is 2. The maximum Gasteiger partial charge on any atom is 0.258 e. The number of hydrogen-bond acceptors (Lipinski definition) is 2. The number of carbonyl (C=O) groups excluding carboxylic acids is 1. The fraction of sp³-hybridized carbons (Fsp3) is 0.125. The minimum absolute atomic E-state index is 0.0718. The first-order chi connectivity index (χ1) is 6.11. The van der Waals surface area contributed by atoms with Crippen LogP contribution in [0.5, 0.6) is 0 Å². The highest BCUT2D eigenvalue weighted by atomic mass is 35.5. The molecule has 0 aliphatic carbocycles. The highest BCUT2D eigenvalue weighted by molar-refractivity contribution is 6.34. The second-order valence-corrected chi connectivity index (χ2v) is 3.12. The zero-order valence-corrected chi connectivity index (χ0v) is 7.10. The van der Waals surface area contributed by atoms with Crippen LogP contribution in [0.15, 0.2) is 12.1 Å². The molecule has 1 aliphatic rings. The van der Waals surface area contributed by atoms with Crippen molar-refractivity contribution in [1.82, 2.24) is 0 Å². The molecule has 1 unspecified atom stereocenters. The van der Waals surface area contributed by atoms with E-state index in [-0.39, 0.29) is 16.3 Å². The van der Waals surface area contributed by atoms with E-state index in [2.05, 4.69) is 5.32 Å². The van der Waals surface area contributed by atoms with E-state index in [4.69, 9.17) is 11.6 Å². The molecule has 5 heteroatoms. The predicted octanol–water partition coefficient (Wildman–Crippen LogP) is 1.46. The third-order valence-electron chi connectivity index (χ3n) is 1.91. The Morgan fingerprint density at radius 1 is 1.54 bits per heavy atom. The quantitative estimate of drug-likeness (QED) is 0.668. The molecule has 0 radical (unpaired) electrons. The number of aliphatic hydroxyl groups excluding tert-OH is 1. The van der Waals surface area contributed by atoms with Gasteiger partial charge in [-0.05, 0) is 12.1 Å². The van der Waals surface area contributed by atoms with Crippen molar-refractivity contribution in [2.75, 3.05) is 5.32 Å². The molecule has 0 bridgehead atoms. The van der Waals surface area contributed by atoms with Gasteiger partial charge in [0.2, 0.25) is 0 Å². The van der Waals surface area contributed by atoms with E-state index in [1.807, 2.05) is 0 Å². The lowest BCUT2D eigenvalue weighted by Gasteiger charge is -2.02. The number of fused-ring (bicyclic) bond motifs is 1. The average molecular weight is 202 g/mol. The summed E-state index contributed by atoms with van der Waals surface area (Å²) in [6.07, 6.45) is -1.45. The molecule has 1 atom stereocenters. The monoisotopic (exact) mass is 201 g/mol. The smallest absolute Gasteiger partial charge is 0.258 e. The van der Waals surface area contributed by atoms with Crippen LogP contribution in [-0.2, 0) is 4.79 Å². The molecule has 68 valence electrons. The lowest BCUT2D eigenvalue weighted by molar-refractivity contribution is -0.123. The maximum atomic E-state index is 13.1. The van der Waals surface area contributed by atoms with Crippen molar-refractivity contribution >= 4 is 23.2 Å². The Balaban J connectivity index is 2.68. The molecule has 0 saturated carbocycles. The summed E-state index contributed by atoms with van der Waals surface area (Å²) in [5, 5.41) is 11.8. The summed E-state index contributed by atoms with van der Waals surface area (Å²) < 4.78 is 13.1. The minimum atomic E-state index is -1.45. The van der Waals surface area contributed by atoms with Gasteiger partial charge >= 0.3 is 0 Å². The number of rotatable bonds is 0. The SMILES string of the molecule is O=C1Nc2c(Cl)ccc(F)c2C1O.